The molecule has 0 saturated carbocycles. The number of anilines is 2. The summed E-state index contributed by atoms with van der Waals surface area (Å²) in [5.41, 5.74) is 4.96. The third-order valence-corrected chi connectivity index (χ3v) is 2.24. The standard InChI is InChI=1S/C12H21N5O2/c1-3-10-16-11(14-4-2)7-12(17-10)15-5-6-19-8-9(13)18/h7H,3-6,8H2,1-2H3,(H2,13,18)(H2,14,15,16,17). The second-order valence-corrected chi connectivity index (χ2v) is 3.88. The molecule has 0 unspecified atom stereocenters. The predicted molar refractivity (Wildman–Crippen MR) is 74.1 cm³/mol. The van der Waals surface area contributed by atoms with Crippen LogP contribution in [-0.2, 0) is 16.0 Å². The number of nitrogens with one attached hydrogen (secondary N) is 2. The molecule has 0 aliphatic heterocycles. The Morgan fingerprint density at radius 1 is 1.32 bits per heavy atom. The van der Waals surface area contributed by atoms with Crippen LogP contribution >= 0.6 is 0 Å². The summed E-state index contributed by atoms with van der Waals surface area (Å²) < 4.78 is 5.06. The van der Waals surface area contributed by atoms with E-state index in [9.17, 15) is 4.79 Å². The molecule has 1 aromatic heterocycles. The van der Waals surface area contributed by atoms with Gasteiger partial charge in [0.05, 0.1) is 6.61 Å². The van der Waals surface area contributed by atoms with Gasteiger partial charge in [0, 0.05) is 25.6 Å². The molecule has 0 spiro atoms. The Kier molecular flexibility index (Phi) is 6.59. The van der Waals surface area contributed by atoms with Crippen molar-refractivity contribution in [2.45, 2.75) is 20.3 Å². The van der Waals surface area contributed by atoms with Gasteiger partial charge in [-0.3, -0.25) is 4.79 Å². The number of carbonyl (C=O) groups is 1. The molecule has 7 nitrogen and oxygen atoms in total. The highest BCUT2D eigenvalue weighted by Gasteiger charge is 2.02. The number of aromatic nitrogens is 2. The van der Waals surface area contributed by atoms with Crippen LogP contribution in [0.25, 0.3) is 0 Å². The smallest absolute Gasteiger partial charge is 0.243 e. The summed E-state index contributed by atoms with van der Waals surface area (Å²) in [5.74, 6) is 1.85. The Bertz CT molecular complexity index is 411. The first kappa shape index (κ1) is 15.2. The van der Waals surface area contributed by atoms with Gasteiger partial charge in [-0.15, -0.1) is 0 Å². The average Bonchev–Trinajstić information content (AvgIpc) is 2.38. The van der Waals surface area contributed by atoms with Crippen molar-refractivity contribution in [3.8, 4) is 0 Å². The van der Waals surface area contributed by atoms with Crippen LogP contribution in [0.1, 0.15) is 19.7 Å². The lowest BCUT2D eigenvalue weighted by Gasteiger charge is -2.10. The van der Waals surface area contributed by atoms with E-state index >= 15 is 0 Å². The Balaban J connectivity index is 2.47. The van der Waals surface area contributed by atoms with Crippen molar-refractivity contribution in [3.05, 3.63) is 11.9 Å². The zero-order valence-corrected chi connectivity index (χ0v) is 11.4. The summed E-state index contributed by atoms with van der Waals surface area (Å²) in [4.78, 5) is 19.2. The van der Waals surface area contributed by atoms with E-state index in [0.29, 0.717) is 13.2 Å². The molecule has 1 heterocycles. The zero-order chi connectivity index (χ0) is 14.1. The fourth-order valence-electron chi connectivity index (χ4n) is 1.44. The molecule has 1 amide bonds. The number of nitrogens with two attached hydrogens (primary N) is 1. The van der Waals surface area contributed by atoms with E-state index in [2.05, 4.69) is 20.6 Å². The minimum atomic E-state index is -0.468. The van der Waals surface area contributed by atoms with Gasteiger partial charge >= 0.3 is 0 Å². The number of ether oxygens (including phenoxy) is 1. The minimum Gasteiger partial charge on any atom is -0.370 e. The summed E-state index contributed by atoms with van der Waals surface area (Å²) in [6, 6.07) is 1.84. The number of aryl methyl sites for hydroxylation is 1. The lowest BCUT2D eigenvalue weighted by molar-refractivity contribution is -0.122. The molecule has 19 heavy (non-hydrogen) atoms. The SMILES string of the molecule is CCNc1cc(NCCOCC(N)=O)nc(CC)n1. The average molecular weight is 267 g/mol. The first-order valence-corrected chi connectivity index (χ1v) is 6.37. The maximum Gasteiger partial charge on any atom is 0.243 e. The zero-order valence-electron chi connectivity index (χ0n) is 11.4. The van der Waals surface area contributed by atoms with Crippen molar-refractivity contribution in [2.75, 3.05) is 36.9 Å². The van der Waals surface area contributed by atoms with E-state index in [0.717, 1.165) is 30.4 Å². The number of primary amides is 1. The Morgan fingerprint density at radius 2 is 2.00 bits per heavy atom. The van der Waals surface area contributed by atoms with Crippen molar-refractivity contribution in [3.63, 3.8) is 0 Å². The topological polar surface area (TPSA) is 102 Å². The van der Waals surface area contributed by atoms with Crippen LogP contribution in [-0.4, -0.2) is 42.2 Å². The van der Waals surface area contributed by atoms with E-state index in [-0.39, 0.29) is 6.61 Å². The van der Waals surface area contributed by atoms with E-state index < -0.39 is 5.91 Å². The Labute approximate surface area is 113 Å². The molecule has 0 aromatic carbocycles. The molecule has 0 radical (unpaired) electrons. The molecule has 106 valence electrons. The second-order valence-electron chi connectivity index (χ2n) is 3.88. The number of carbonyl (C=O) groups excluding carboxylic acids is 1. The molecule has 4 N–H and O–H groups in total. The molecular formula is C12H21N5O2. The van der Waals surface area contributed by atoms with E-state index in [1.165, 1.54) is 0 Å². The number of nitrogens with zero attached hydrogens (tertiary/aromatic N) is 2. The summed E-state index contributed by atoms with van der Waals surface area (Å²) >= 11 is 0. The molecule has 0 saturated heterocycles. The molecule has 7 heteroatoms. The van der Waals surface area contributed by atoms with E-state index in [1.807, 2.05) is 19.9 Å². The van der Waals surface area contributed by atoms with Gasteiger partial charge in [-0.2, -0.15) is 0 Å². The van der Waals surface area contributed by atoms with Crippen LogP contribution in [0.3, 0.4) is 0 Å². The first-order valence-electron chi connectivity index (χ1n) is 6.37. The van der Waals surface area contributed by atoms with Crippen molar-refractivity contribution in [1.29, 1.82) is 0 Å². The summed E-state index contributed by atoms with van der Waals surface area (Å²) in [6.07, 6.45) is 0.770. The Morgan fingerprint density at radius 3 is 2.58 bits per heavy atom. The maximum atomic E-state index is 10.5. The molecule has 1 aromatic rings. The van der Waals surface area contributed by atoms with Crippen molar-refractivity contribution in [1.82, 2.24) is 9.97 Å². The van der Waals surface area contributed by atoms with Crippen LogP contribution in [0, 0.1) is 0 Å². The third-order valence-electron chi connectivity index (χ3n) is 2.24. The van der Waals surface area contributed by atoms with Crippen LogP contribution in [0.5, 0.6) is 0 Å². The largest absolute Gasteiger partial charge is 0.370 e. The highest BCUT2D eigenvalue weighted by molar-refractivity contribution is 5.74. The molecule has 0 aliphatic rings. The van der Waals surface area contributed by atoms with E-state index in [1.54, 1.807) is 0 Å². The fraction of sp³-hybridized carbons (Fsp3) is 0.583. The van der Waals surface area contributed by atoms with Gasteiger partial charge in [-0.25, -0.2) is 9.97 Å². The van der Waals surface area contributed by atoms with Crippen molar-refractivity contribution >= 4 is 17.5 Å². The number of rotatable bonds is 9. The third kappa shape index (κ3) is 6.01. The monoisotopic (exact) mass is 267 g/mol. The van der Waals surface area contributed by atoms with E-state index in [4.69, 9.17) is 10.5 Å². The molecule has 0 bridgehead atoms. The second kappa shape index (κ2) is 8.25. The number of hydrogen-bond donors (Lipinski definition) is 3. The lowest BCUT2D eigenvalue weighted by atomic mass is 10.4. The van der Waals surface area contributed by atoms with Gasteiger partial charge in [0.1, 0.15) is 24.1 Å². The molecule has 1 rings (SSSR count). The van der Waals surface area contributed by atoms with Gasteiger partial charge < -0.3 is 21.1 Å². The van der Waals surface area contributed by atoms with Crippen LogP contribution in [0.15, 0.2) is 6.07 Å². The van der Waals surface area contributed by atoms with Gasteiger partial charge in [0.15, 0.2) is 0 Å². The summed E-state index contributed by atoms with van der Waals surface area (Å²) in [5, 5.41) is 6.28. The fourth-order valence-corrected chi connectivity index (χ4v) is 1.44. The van der Waals surface area contributed by atoms with Crippen molar-refractivity contribution in [2.24, 2.45) is 5.73 Å². The quantitative estimate of drug-likeness (QED) is 0.559. The minimum absolute atomic E-state index is 0.0612. The van der Waals surface area contributed by atoms with Gasteiger partial charge in [-0.1, -0.05) is 6.92 Å². The molecular weight excluding hydrogens is 246 g/mol. The number of hydrogen-bond acceptors (Lipinski definition) is 6. The molecule has 0 fully saturated rings. The summed E-state index contributed by atoms with van der Waals surface area (Å²) in [7, 11) is 0. The van der Waals surface area contributed by atoms with Gasteiger partial charge in [0.25, 0.3) is 0 Å². The molecule has 0 aliphatic carbocycles. The maximum absolute atomic E-state index is 10.5. The lowest BCUT2D eigenvalue weighted by Crippen LogP contribution is -2.21. The molecule has 0 atom stereocenters. The normalized spacial score (nSPS) is 10.2. The summed E-state index contributed by atoms with van der Waals surface area (Å²) in [6.45, 7) is 5.71. The van der Waals surface area contributed by atoms with Crippen molar-refractivity contribution < 1.29 is 9.53 Å². The van der Waals surface area contributed by atoms with Gasteiger partial charge in [0.2, 0.25) is 5.91 Å². The highest BCUT2D eigenvalue weighted by atomic mass is 16.5. The van der Waals surface area contributed by atoms with Crippen LogP contribution in [0.4, 0.5) is 11.6 Å². The van der Waals surface area contributed by atoms with Crippen LogP contribution < -0.4 is 16.4 Å². The predicted octanol–water partition coefficient (Wildman–Crippen LogP) is 0.385. The first-order chi connectivity index (χ1) is 9.15. The number of amides is 1. The Hall–Kier alpha value is -1.89. The van der Waals surface area contributed by atoms with Gasteiger partial charge in [-0.05, 0) is 6.92 Å². The highest BCUT2D eigenvalue weighted by Crippen LogP contribution is 2.11. The van der Waals surface area contributed by atoms with Crippen LogP contribution in [0.2, 0.25) is 0 Å².